The number of carbonyl (C=O) groups excluding carboxylic acids is 1. The van der Waals surface area contributed by atoms with Gasteiger partial charge in [-0.2, -0.15) is 9.78 Å². The zero-order chi connectivity index (χ0) is 21.0. The van der Waals surface area contributed by atoms with Crippen LogP contribution in [0, 0.1) is 20.8 Å². The maximum Gasteiger partial charge on any atom is 0.252 e. The summed E-state index contributed by atoms with van der Waals surface area (Å²) < 4.78 is 12.1. The molecule has 2 heterocycles. The monoisotopic (exact) mass is 393 g/mol. The second kappa shape index (κ2) is 8.55. The number of nitrogens with zero attached hydrogens (tertiary/aromatic N) is 4. The molecule has 0 bridgehead atoms. The van der Waals surface area contributed by atoms with Crippen LogP contribution in [0.1, 0.15) is 22.6 Å². The van der Waals surface area contributed by atoms with E-state index in [0.29, 0.717) is 23.3 Å². The molecule has 150 valence electrons. The molecule has 1 amide bonds. The lowest BCUT2D eigenvalue weighted by atomic mass is 10.1. The van der Waals surface area contributed by atoms with Crippen LogP contribution in [-0.2, 0) is 4.79 Å². The zero-order valence-corrected chi connectivity index (χ0v) is 17.1. The van der Waals surface area contributed by atoms with Crippen molar-refractivity contribution in [3.05, 3.63) is 59.1 Å². The Morgan fingerprint density at radius 3 is 2.38 bits per heavy atom. The highest BCUT2D eigenvalue weighted by atomic mass is 16.5. The summed E-state index contributed by atoms with van der Waals surface area (Å²) in [5, 5.41) is 7.23. The van der Waals surface area contributed by atoms with Crippen molar-refractivity contribution in [1.29, 1.82) is 0 Å². The van der Waals surface area contributed by atoms with E-state index in [1.807, 2.05) is 32.9 Å². The van der Waals surface area contributed by atoms with Crippen LogP contribution in [0.2, 0.25) is 0 Å². The van der Waals surface area contributed by atoms with Crippen LogP contribution in [0.3, 0.4) is 0 Å². The fourth-order valence-corrected chi connectivity index (χ4v) is 2.83. The SMILES string of the molecule is COc1ccc(/C=C/C(=O)Nc2cc(C)nn2-c2nc(C)cc(C)n2)c(OC)c1. The normalized spacial score (nSPS) is 10.9. The Labute approximate surface area is 169 Å². The highest BCUT2D eigenvalue weighted by molar-refractivity contribution is 6.01. The van der Waals surface area contributed by atoms with Crippen molar-refractivity contribution in [2.75, 3.05) is 19.5 Å². The van der Waals surface area contributed by atoms with E-state index in [4.69, 9.17) is 9.47 Å². The first kappa shape index (κ1) is 20.1. The van der Waals surface area contributed by atoms with Crippen LogP contribution in [0.15, 0.2) is 36.4 Å². The van der Waals surface area contributed by atoms with Crippen molar-refractivity contribution in [3.63, 3.8) is 0 Å². The summed E-state index contributed by atoms with van der Waals surface area (Å²) in [7, 11) is 3.15. The number of methoxy groups -OCH3 is 2. The molecule has 3 rings (SSSR count). The van der Waals surface area contributed by atoms with E-state index in [1.54, 1.807) is 38.5 Å². The predicted molar refractivity (Wildman–Crippen MR) is 111 cm³/mol. The quantitative estimate of drug-likeness (QED) is 0.647. The molecular formula is C21H23N5O3. The van der Waals surface area contributed by atoms with Crippen molar-refractivity contribution < 1.29 is 14.3 Å². The van der Waals surface area contributed by atoms with E-state index in [9.17, 15) is 4.79 Å². The van der Waals surface area contributed by atoms with Crippen molar-refractivity contribution in [2.24, 2.45) is 0 Å². The molecule has 0 spiro atoms. The van der Waals surface area contributed by atoms with E-state index in [-0.39, 0.29) is 5.91 Å². The summed E-state index contributed by atoms with van der Waals surface area (Å²) >= 11 is 0. The molecule has 2 aromatic heterocycles. The van der Waals surface area contributed by atoms with Crippen LogP contribution in [0.25, 0.3) is 12.0 Å². The molecule has 0 atom stereocenters. The third-order valence-electron chi connectivity index (χ3n) is 4.10. The fraction of sp³-hybridized carbons (Fsp3) is 0.238. The van der Waals surface area contributed by atoms with Crippen molar-refractivity contribution in [2.45, 2.75) is 20.8 Å². The van der Waals surface area contributed by atoms with Gasteiger partial charge in [0, 0.05) is 35.2 Å². The number of aromatic nitrogens is 4. The summed E-state index contributed by atoms with van der Waals surface area (Å²) in [4.78, 5) is 21.3. The molecule has 0 unspecified atom stereocenters. The van der Waals surface area contributed by atoms with Crippen molar-refractivity contribution in [1.82, 2.24) is 19.7 Å². The summed E-state index contributed by atoms with van der Waals surface area (Å²) in [6.07, 6.45) is 3.10. The maximum absolute atomic E-state index is 12.5. The molecule has 0 aliphatic heterocycles. The minimum absolute atomic E-state index is 0.312. The average molecular weight is 393 g/mol. The molecule has 0 fully saturated rings. The first-order valence-electron chi connectivity index (χ1n) is 9.00. The maximum atomic E-state index is 12.5. The van der Waals surface area contributed by atoms with Crippen molar-refractivity contribution in [3.8, 4) is 17.4 Å². The number of hydrogen-bond donors (Lipinski definition) is 1. The molecule has 1 aromatic carbocycles. The summed E-state index contributed by atoms with van der Waals surface area (Å²) in [6, 6.07) is 9.02. The Bertz CT molecular complexity index is 1050. The first-order valence-corrected chi connectivity index (χ1v) is 9.00. The van der Waals surface area contributed by atoms with Crippen LogP contribution >= 0.6 is 0 Å². The molecule has 0 aliphatic rings. The molecule has 0 saturated heterocycles. The molecule has 3 aromatic rings. The molecule has 29 heavy (non-hydrogen) atoms. The standard InChI is InChI=1S/C21H23N5O3/c1-13-10-14(2)23-21(22-13)26-19(11-15(3)25-26)24-20(27)9-7-16-6-8-17(28-4)12-18(16)29-5/h6-12H,1-5H3,(H,24,27)/b9-7+. The lowest BCUT2D eigenvalue weighted by Crippen LogP contribution is -2.14. The van der Waals surface area contributed by atoms with Crippen LogP contribution < -0.4 is 14.8 Å². The number of anilines is 1. The van der Waals surface area contributed by atoms with Gasteiger partial charge >= 0.3 is 0 Å². The number of hydrogen-bond acceptors (Lipinski definition) is 6. The average Bonchev–Trinajstić information content (AvgIpc) is 3.05. The van der Waals surface area contributed by atoms with Gasteiger partial charge in [-0.1, -0.05) is 0 Å². The number of nitrogens with one attached hydrogen (secondary N) is 1. The van der Waals surface area contributed by atoms with Gasteiger partial charge in [0.05, 0.1) is 19.9 Å². The molecule has 8 nitrogen and oxygen atoms in total. The zero-order valence-electron chi connectivity index (χ0n) is 17.1. The molecular weight excluding hydrogens is 370 g/mol. The second-order valence-corrected chi connectivity index (χ2v) is 6.46. The lowest BCUT2D eigenvalue weighted by molar-refractivity contribution is -0.111. The lowest BCUT2D eigenvalue weighted by Gasteiger charge is -2.08. The summed E-state index contributed by atoms with van der Waals surface area (Å²) in [6.45, 7) is 5.61. The molecule has 1 N–H and O–H groups in total. The smallest absolute Gasteiger partial charge is 0.252 e. The Morgan fingerprint density at radius 1 is 1.00 bits per heavy atom. The summed E-state index contributed by atoms with van der Waals surface area (Å²) in [5.41, 5.74) is 3.14. The summed E-state index contributed by atoms with van der Waals surface area (Å²) in [5.74, 6) is 1.87. The van der Waals surface area contributed by atoms with Gasteiger partial charge in [0.25, 0.3) is 5.95 Å². The topological polar surface area (TPSA) is 91.2 Å². The van der Waals surface area contributed by atoms with Crippen LogP contribution in [-0.4, -0.2) is 39.9 Å². The molecule has 8 heteroatoms. The van der Waals surface area contributed by atoms with Gasteiger partial charge in [-0.05, 0) is 45.0 Å². The molecule has 0 saturated carbocycles. The third kappa shape index (κ3) is 4.78. The second-order valence-electron chi connectivity index (χ2n) is 6.46. The van der Waals surface area contributed by atoms with Gasteiger partial charge in [0.1, 0.15) is 17.3 Å². The minimum Gasteiger partial charge on any atom is -0.497 e. The number of rotatable bonds is 6. The fourth-order valence-electron chi connectivity index (χ4n) is 2.83. The Hall–Kier alpha value is -3.68. The predicted octanol–water partition coefficient (Wildman–Crippen LogP) is 3.26. The van der Waals surface area contributed by atoms with E-state index >= 15 is 0 Å². The van der Waals surface area contributed by atoms with Gasteiger partial charge in [-0.15, -0.1) is 0 Å². The highest BCUT2D eigenvalue weighted by Crippen LogP contribution is 2.25. The van der Waals surface area contributed by atoms with Gasteiger partial charge in [0.2, 0.25) is 5.91 Å². The highest BCUT2D eigenvalue weighted by Gasteiger charge is 2.13. The van der Waals surface area contributed by atoms with E-state index in [2.05, 4.69) is 20.4 Å². The minimum atomic E-state index is -0.312. The van der Waals surface area contributed by atoms with E-state index in [1.165, 1.54) is 10.8 Å². The van der Waals surface area contributed by atoms with Gasteiger partial charge in [0.15, 0.2) is 0 Å². The van der Waals surface area contributed by atoms with Gasteiger partial charge in [-0.25, -0.2) is 9.97 Å². The number of aryl methyl sites for hydroxylation is 3. The number of carbonyl (C=O) groups is 1. The van der Waals surface area contributed by atoms with E-state index in [0.717, 1.165) is 22.6 Å². The van der Waals surface area contributed by atoms with Crippen LogP contribution in [0.4, 0.5) is 5.82 Å². The Balaban J connectivity index is 1.82. The molecule has 0 aliphatic carbocycles. The Morgan fingerprint density at radius 2 is 1.72 bits per heavy atom. The third-order valence-corrected chi connectivity index (χ3v) is 4.10. The van der Waals surface area contributed by atoms with E-state index < -0.39 is 0 Å². The number of ether oxygens (including phenoxy) is 2. The van der Waals surface area contributed by atoms with Crippen LogP contribution in [0.5, 0.6) is 11.5 Å². The first-order chi connectivity index (χ1) is 13.9. The molecule has 0 radical (unpaired) electrons. The van der Waals surface area contributed by atoms with Gasteiger partial charge < -0.3 is 14.8 Å². The number of amides is 1. The Kier molecular flexibility index (Phi) is 5.92. The number of benzene rings is 1. The van der Waals surface area contributed by atoms with Crippen molar-refractivity contribution >= 4 is 17.8 Å². The van der Waals surface area contributed by atoms with Gasteiger partial charge in [-0.3, -0.25) is 4.79 Å². The largest absolute Gasteiger partial charge is 0.497 e.